The molecule has 128 valence electrons. The summed E-state index contributed by atoms with van der Waals surface area (Å²) in [6.45, 7) is 2.83. The second-order valence-corrected chi connectivity index (χ2v) is 6.75. The average Bonchev–Trinajstić information content (AvgIpc) is 3.31. The Labute approximate surface area is 148 Å². The molecule has 1 amide bonds. The van der Waals surface area contributed by atoms with Crippen molar-refractivity contribution >= 4 is 22.5 Å². The van der Waals surface area contributed by atoms with Gasteiger partial charge in [-0.3, -0.25) is 4.79 Å². The number of hydrogen-bond acceptors (Lipinski definition) is 2. The molecule has 4 heteroatoms. The Morgan fingerprint density at radius 3 is 2.60 bits per heavy atom. The Kier molecular flexibility index (Phi) is 4.18. The maximum atomic E-state index is 12.8. The van der Waals surface area contributed by atoms with Crippen molar-refractivity contribution in [2.75, 3.05) is 25.0 Å². The van der Waals surface area contributed by atoms with Gasteiger partial charge in [0.15, 0.2) is 0 Å². The van der Waals surface area contributed by atoms with E-state index < -0.39 is 0 Å². The number of nitrogens with one attached hydrogen (secondary N) is 1. The van der Waals surface area contributed by atoms with Gasteiger partial charge in [-0.05, 0) is 36.6 Å². The van der Waals surface area contributed by atoms with Crippen molar-refractivity contribution in [1.29, 1.82) is 0 Å². The number of carbonyl (C=O) groups excluding carboxylic acids is 1. The third kappa shape index (κ3) is 3.12. The van der Waals surface area contributed by atoms with E-state index >= 15 is 0 Å². The quantitative estimate of drug-likeness (QED) is 0.782. The molecule has 1 aromatic heterocycles. The molecule has 1 fully saturated rings. The van der Waals surface area contributed by atoms with Crippen molar-refractivity contribution < 1.29 is 4.79 Å². The van der Waals surface area contributed by atoms with E-state index in [1.165, 1.54) is 24.1 Å². The van der Waals surface area contributed by atoms with Gasteiger partial charge in [-0.2, -0.15) is 0 Å². The predicted octanol–water partition coefficient (Wildman–Crippen LogP) is 4.04. The molecule has 1 N–H and O–H groups in total. The summed E-state index contributed by atoms with van der Waals surface area (Å²) in [4.78, 5) is 20.3. The van der Waals surface area contributed by atoms with E-state index in [1.54, 1.807) is 4.90 Å². The van der Waals surface area contributed by atoms with Gasteiger partial charge in [-0.25, -0.2) is 0 Å². The van der Waals surface area contributed by atoms with Crippen LogP contribution in [0.5, 0.6) is 0 Å². The third-order valence-electron chi connectivity index (χ3n) is 4.95. The fourth-order valence-corrected chi connectivity index (χ4v) is 3.63. The molecular formula is C21H23N3O. The standard InChI is InChI=1S/C21H23N3O/c1-23(21(25)19-14-16-8-2-4-10-18(16)22-19)15-17-9-3-5-11-20(17)24-12-6-7-13-24/h2-5,8-11,14,22H,6-7,12-13,15H2,1H3. The molecule has 4 rings (SSSR count). The van der Waals surface area contributed by atoms with Crippen molar-refractivity contribution in [3.05, 3.63) is 65.9 Å². The minimum absolute atomic E-state index is 0.0208. The van der Waals surface area contributed by atoms with Gasteiger partial charge in [-0.1, -0.05) is 36.4 Å². The Hall–Kier alpha value is -2.75. The molecule has 0 unspecified atom stereocenters. The molecule has 25 heavy (non-hydrogen) atoms. The maximum Gasteiger partial charge on any atom is 0.270 e. The van der Waals surface area contributed by atoms with Gasteiger partial charge in [0, 0.05) is 43.3 Å². The molecule has 0 aliphatic carbocycles. The maximum absolute atomic E-state index is 12.8. The number of aromatic nitrogens is 1. The number of nitrogens with zero attached hydrogens (tertiary/aromatic N) is 2. The van der Waals surface area contributed by atoms with E-state index in [2.05, 4.69) is 34.1 Å². The number of rotatable bonds is 4. The van der Waals surface area contributed by atoms with Crippen LogP contribution in [0.15, 0.2) is 54.6 Å². The molecule has 0 spiro atoms. The number of hydrogen-bond donors (Lipinski definition) is 1. The lowest BCUT2D eigenvalue weighted by Gasteiger charge is -2.24. The van der Waals surface area contributed by atoms with E-state index in [1.807, 2.05) is 37.4 Å². The number of benzene rings is 2. The lowest BCUT2D eigenvalue weighted by molar-refractivity contribution is 0.0780. The van der Waals surface area contributed by atoms with E-state index in [-0.39, 0.29) is 5.91 Å². The number of fused-ring (bicyclic) bond motifs is 1. The smallest absolute Gasteiger partial charge is 0.270 e. The monoisotopic (exact) mass is 333 g/mol. The highest BCUT2D eigenvalue weighted by Gasteiger charge is 2.19. The summed E-state index contributed by atoms with van der Waals surface area (Å²) in [5, 5.41) is 1.07. The van der Waals surface area contributed by atoms with Crippen LogP contribution in [0.1, 0.15) is 28.9 Å². The number of H-pyrrole nitrogens is 1. The van der Waals surface area contributed by atoms with Crippen LogP contribution in [-0.4, -0.2) is 35.9 Å². The van der Waals surface area contributed by atoms with Crippen molar-refractivity contribution in [3.8, 4) is 0 Å². The molecule has 1 aliphatic heterocycles. The zero-order chi connectivity index (χ0) is 17.2. The number of carbonyl (C=O) groups is 1. The van der Waals surface area contributed by atoms with Crippen molar-refractivity contribution in [2.45, 2.75) is 19.4 Å². The van der Waals surface area contributed by atoms with Crippen LogP contribution in [0.25, 0.3) is 10.9 Å². The van der Waals surface area contributed by atoms with Gasteiger partial charge in [-0.15, -0.1) is 0 Å². The Bertz CT molecular complexity index is 860. The Morgan fingerprint density at radius 1 is 1.08 bits per heavy atom. The summed E-state index contributed by atoms with van der Waals surface area (Å²) in [5.74, 6) is 0.0208. The van der Waals surface area contributed by atoms with Gasteiger partial charge in [0.2, 0.25) is 0 Å². The van der Waals surface area contributed by atoms with Crippen molar-refractivity contribution in [3.63, 3.8) is 0 Å². The summed E-state index contributed by atoms with van der Waals surface area (Å²) in [6, 6.07) is 18.3. The number of amides is 1. The summed E-state index contributed by atoms with van der Waals surface area (Å²) >= 11 is 0. The van der Waals surface area contributed by atoms with Gasteiger partial charge in [0.1, 0.15) is 5.69 Å². The highest BCUT2D eigenvalue weighted by atomic mass is 16.2. The fraction of sp³-hybridized carbons (Fsp3) is 0.286. The molecule has 0 atom stereocenters. The minimum Gasteiger partial charge on any atom is -0.371 e. The van der Waals surface area contributed by atoms with Gasteiger partial charge in [0.05, 0.1) is 0 Å². The summed E-state index contributed by atoms with van der Waals surface area (Å²) in [5.41, 5.74) is 4.10. The Balaban J connectivity index is 1.55. The molecule has 0 saturated carbocycles. The van der Waals surface area contributed by atoms with Crippen LogP contribution in [0, 0.1) is 0 Å². The Morgan fingerprint density at radius 2 is 1.80 bits per heavy atom. The van der Waals surface area contributed by atoms with Crippen LogP contribution >= 0.6 is 0 Å². The minimum atomic E-state index is 0.0208. The van der Waals surface area contributed by atoms with E-state index in [9.17, 15) is 4.79 Å². The predicted molar refractivity (Wildman–Crippen MR) is 102 cm³/mol. The fourth-order valence-electron chi connectivity index (χ4n) is 3.63. The van der Waals surface area contributed by atoms with Crippen LogP contribution in [0.3, 0.4) is 0 Å². The molecule has 4 nitrogen and oxygen atoms in total. The molecule has 2 heterocycles. The molecule has 1 saturated heterocycles. The largest absolute Gasteiger partial charge is 0.371 e. The normalized spacial score (nSPS) is 14.2. The first-order valence-corrected chi connectivity index (χ1v) is 8.88. The molecule has 2 aromatic carbocycles. The summed E-state index contributed by atoms with van der Waals surface area (Å²) < 4.78 is 0. The molecule has 0 bridgehead atoms. The van der Waals surface area contributed by atoms with Gasteiger partial charge < -0.3 is 14.8 Å². The van der Waals surface area contributed by atoms with Crippen LogP contribution in [-0.2, 0) is 6.54 Å². The van der Waals surface area contributed by atoms with Crippen LogP contribution in [0.4, 0.5) is 5.69 Å². The van der Waals surface area contributed by atoms with E-state index in [4.69, 9.17) is 0 Å². The van der Waals surface area contributed by atoms with E-state index in [0.29, 0.717) is 12.2 Å². The highest BCUT2D eigenvalue weighted by molar-refractivity contribution is 5.97. The summed E-state index contributed by atoms with van der Waals surface area (Å²) in [7, 11) is 1.87. The first-order valence-electron chi connectivity index (χ1n) is 8.88. The highest BCUT2D eigenvalue weighted by Crippen LogP contribution is 2.26. The zero-order valence-electron chi connectivity index (χ0n) is 14.5. The molecule has 3 aromatic rings. The number of aromatic amines is 1. The first kappa shape index (κ1) is 15.8. The lowest BCUT2D eigenvalue weighted by Crippen LogP contribution is -2.28. The molecular weight excluding hydrogens is 310 g/mol. The van der Waals surface area contributed by atoms with Gasteiger partial charge in [0.25, 0.3) is 5.91 Å². The second-order valence-electron chi connectivity index (χ2n) is 6.75. The first-order chi connectivity index (χ1) is 12.2. The topological polar surface area (TPSA) is 39.3 Å². The van der Waals surface area contributed by atoms with Crippen molar-refractivity contribution in [1.82, 2.24) is 9.88 Å². The average molecular weight is 333 g/mol. The lowest BCUT2D eigenvalue weighted by atomic mass is 10.1. The molecule has 0 radical (unpaired) electrons. The van der Waals surface area contributed by atoms with Crippen LogP contribution < -0.4 is 4.90 Å². The van der Waals surface area contributed by atoms with Crippen LogP contribution in [0.2, 0.25) is 0 Å². The SMILES string of the molecule is CN(Cc1ccccc1N1CCCC1)C(=O)c1cc2ccccc2[nH]1. The van der Waals surface area contributed by atoms with Gasteiger partial charge >= 0.3 is 0 Å². The third-order valence-corrected chi connectivity index (χ3v) is 4.95. The summed E-state index contributed by atoms with van der Waals surface area (Å²) in [6.07, 6.45) is 2.50. The van der Waals surface area contributed by atoms with Crippen molar-refractivity contribution in [2.24, 2.45) is 0 Å². The zero-order valence-corrected chi connectivity index (χ0v) is 14.5. The number of anilines is 1. The van der Waals surface area contributed by atoms with E-state index in [0.717, 1.165) is 24.0 Å². The molecule has 1 aliphatic rings. The second kappa shape index (κ2) is 6.63. The number of para-hydroxylation sites is 2.